The van der Waals surface area contributed by atoms with Gasteiger partial charge in [0, 0.05) is 37.3 Å². The van der Waals surface area contributed by atoms with Crippen molar-refractivity contribution in [2.45, 2.75) is 46.4 Å². The van der Waals surface area contributed by atoms with Gasteiger partial charge in [-0.3, -0.25) is 14.9 Å². The van der Waals surface area contributed by atoms with E-state index in [4.69, 9.17) is 11.6 Å². The van der Waals surface area contributed by atoms with Crippen LogP contribution in [0.1, 0.15) is 57.5 Å². The molecule has 0 amide bonds. The number of carbonyl (C=O) groups is 1. The van der Waals surface area contributed by atoms with E-state index in [9.17, 15) is 23.3 Å². The number of nitro benzene ring substituents is 1. The minimum Gasteiger partial charge on any atom is -0.304 e. The van der Waals surface area contributed by atoms with Gasteiger partial charge in [0.05, 0.1) is 15.4 Å². The van der Waals surface area contributed by atoms with Crippen LogP contribution in [0.3, 0.4) is 0 Å². The second-order valence-electron chi connectivity index (χ2n) is 6.89. The highest BCUT2D eigenvalue weighted by atomic mass is 35.5. The monoisotopic (exact) mass is 539 g/mol. The molecule has 1 fully saturated rings. The number of likely N-dealkylation sites (N-methyl/N-ethyl adjacent to an activating group) is 1. The number of halogens is 1. The number of allylic oxidation sites excluding steroid dienone is 1. The minimum atomic E-state index is -3.57. The van der Waals surface area contributed by atoms with Gasteiger partial charge in [0.15, 0.2) is 5.78 Å². The molecule has 8 nitrogen and oxygen atoms in total. The lowest BCUT2D eigenvalue weighted by atomic mass is 10.1. The van der Waals surface area contributed by atoms with E-state index in [1.807, 2.05) is 48.6 Å². The summed E-state index contributed by atoms with van der Waals surface area (Å²) in [6, 6.07) is 9.99. The van der Waals surface area contributed by atoms with E-state index in [1.54, 1.807) is 12.1 Å². The van der Waals surface area contributed by atoms with E-state index in [0.29, 0.717) is 31.7 Å². The Bertz CT molecular complexity index is 1100. The largest absolute Gasteiger partial charge is 0.304 e. The van der Waals surface area contributed by atoms with E-state index >= 15 is 0 Å². The van der Waals surface area contributed by atoms with Crippen molar-refractivity contribution in [3.8, 4) is 0 Å². The van der Waals surface area contributed by atoms with Crippen molar-refractivity contribution in [2.24, 2.45) is 0 Å². The number of hydrogen-bond acceptors (Lipinski definition) is 6. The topological polar surface area (TPSA) is 101 Å². The molecular weight excluding hydrogens is 502 g/mol. The Balaban J connectivity index is 0.00000190. The second kappa shape index (κ2) is 17.0. The van der Waals surface area contributed by atoms with E-state index < -0.39 is 20.7 Å². The third-order valence-electron chi connectivity index (χ3n) is 4.83. The van der Waals surface area contributed by atoms with E-state index in [1.165, 1.54) is 40.7 Å². The molecular formula is C26H38ClN3O5S. The van der Waals surface area contributed by atoms with Gasteiger partial charge >= 0.3 is 0 Å². The third kappa shape index (κ3) is 9.46. The Morgan fingerprint density at radius 2 is 1.47 bits per heavy atom. The van der Waals surface area contributed by atoms with Gasteiger partial charge in [-0.25, -0.2) is 8.42 Å². The SMILES string of the molecule is CC.CC.CC.CN1CCN(S(=O)(=O)c2ccc(/C=C/C(=O)c3ccc(Cl)cc3[N+](=O)[O-])cc2)CC1. The number of nitro groups is 1. The zero-order valence-corrected chi connectivity index (χ0v) is 23.8. The average Bonchev–Trinajstić information content (AvgIpc) is 2.91. The number of piperazine rings is 1. The maximum atomic E-state index is 12.7. The lowest BCUT2D eigenvalue weighted by Gasteiger charge is -2.31. The van der Waals surface area contributed by atoms with Crippen LogP contribution in [-0.2, 0) is 10.0 Å². The molecule has 10 heteroatoms. The van der Waals surface area contributed by atoms with Crippen LogP contribution in [0.2, 0.25) is 5.02 Å². The zero-order valence-electron chi connectivity index (χ0n) is 22.2. The molecule has 36 heavy (non-hydrogen) atoms. The third-order valence-corrected chi connectivity index (χ3v) is 6.98. The molecule has 0 unspecified atom stereocenters. The Morgan fingerprint density at radius 1 is 0.944 bits per heavy atom. The molecule has 1 aliphatic heterocycles. The number of rotatable bonds is 6. The normalized spacial score (nSPS) is 13.9. The van der Waals surface area contributed by atoms with Gasteiger partial charge in [0.2, 0.25) is 10.0 Å². The first-order valence-corrected chi connectivity index (χ1v) is 14.0. The maximum absolute atomic E-state index is 12.7. The molecule has 2 aromatic carbocycles. The highest BCUT2D eigenvalue weighted by Crippen LogP contribution is 2.24. The van der Waals surface area contributed by atoms with Crippen LogP contribution in [0, 0.1) is 10.1 Å². The first kappa shape index (κ1) is 33.4. The molecule has 0 aromatic heterocycles. The van der Waals surface area contributed by atoms with Crippen LogP contribution in [0.4, 0.5) is 5.69 Å². The van der Waals surface area contributed by atoms with E-state index in [0.717, 1.165) is 6.07 Å². The van der Waals surface area contributed by atoms with Gasteiger partial charge in [-0.1, -0.05) is 71.4 Å². The summed E-state index contributed by atoms with van der Waals surface area (Å²) < 4.78 is 27.0. The molecule has 1 aliphatic rings. The van der Waals surface area contributed by atoms with Crippen LogP contribution >= 0.6 is 11.6 Å². The number of benzene rings is 2. The average molecular weight is 540 g/mol. The van der Waals surface area contributed by atoms with Crippen LogP contribution in [0.5, 0.6) is 0 Å². The smallest absolute Gasteiger partial charge is 0.282 e. The van der Waals surface area contributed by atoms with Crippen molar-refractivity contribution in [2.75, 3.05) is 33.2 Å². The summed E-state index contributed by atoms with van der Waals surface area (Å²) in [5, 5.41) is 11.3. The Hall–Kier alpha value is -2.59. The van der Waals surface area contributed by atoms with Crippen molar-refractivity contribution >= 4 is 39.2 Å². The van der Waals surface area contributed by atoms with Crippen LogP contribution in [0.15, 0.2) is 53.4 Å². The predicted molar refractivity (Wildman–Crippen MR) is 148 cm³/mol. The van der Waals surface area contributed by atoms with Gasteiger partial charge in [-0.15, -0.1) is 0 Å². The summed E-state index contributed by atoms with van der Waals surface area (Å²) in [7, 11) is -1.62. The molecule has 0 atom stereocenters. The lowest BCUT2D eigenvalue weighted by Crippen LogP contribution is -2.46. The fraction of sp³-hybridized carbons (Fsp3) is 0.423. The first-order valence-electron chi connectivity index (χ1n) is 12.1. The molecule has 0 spiro atoms. The summed E-state index contributed by atoms with van der Waals surface area (Å²) in [6.45, 7) is 14.2. The van der Waals surface area contributed by atoms with Crippen molar-refractivity contribution in [1.29, 1.82) is 0 Å². The fourth-order valence-corrected chi connectivity index (χ4v) is 4.64. The molecule has 0 radical (unpaired) electrons. The fourth-order valence-electron chi connectivity index (χ4n) is 3.05. The van der Waals surface area contributed by atoms with Crippen molar-refractivity contribution in [1.82, 2.24) is 9.21 Å². The summed E-state index contributed by atoms with van der Waals surface area (Å²) in [5.74, 6) is -0.549. The van der Waals surface area contributed by atoms with Crippen LogP contribution < -0.4 is 0 Å². The highest BCUT2D eigenvalue weighted by Gasteiger charge is 2.27. The second-order valence-corrected chi connectivity index (χ2v) is 9.27. The van der Waals surface area contributed by atoms with Gasteiger partial charge in [0.1, 0.15) is 0 Å². The Morgan fingerprint density at radius 3 is 1.97 bits per heavy atom. The lowest BCUT2D eigenvalue weighted by molar-refractivity contribution is -0.385. The maximum Gasteiger partial charge on any atom is 0.282 e. The molecule has 3 rings (SSSR count). The molecule has 1 heterocycles. The Labute approximate surface area is 220 Å². The van der Waals surface area contributed by atoms with E-state index in [-0.39, 0.29) is 21.2 Å². The van der Waals surface area contributed by atoms with Gasteiger partial charge in [0.25, 0.3) is 5.69 Å². The van der Waals surface area contributed by atoms with Gasteiger partial charge in [-0.05, 0) is 43.0 Å². The summed E-state index contributed by atoms with van der Waals surface area (Å²) >= 11 is 5.76. The number of carbonyl (C=O) groups excluding carboxylic acids is 1. The molecule has 0 bridgehead atoms. The molecule has 2 aromatic rings. The molecule has 200 valence electrons. The Kier molecular flexibility index (Phi) is 15.7. The number of nitrogens with zero attached hydrogens (tertiary/aromatic N) is 3. The van der Waals surface area contributed by atoms with E-state index in [2.05, 4.69) is 4.90 Å². The number of ketones is 1. The van der Waals surface area contributed by atoms with Gasteiger partial charge < -0.3 is 4.90 Å². The summed E-state index contributed by atoms with van der Waals surface area (Å²) in [5.41, 5.74) is 0.151. The summed E-state index contributed by atoms with van der Waals surface area (Å²) in [6.07, 6.45) is 2.69. The zero-order chi connectivity index (χ0) is 27.9. The van der Waals surface area contributed by atoms with Gasteiger partial charge in [-0.2, -0.15) is 4.31 Å². The first-order chi connectivity index (χ1) is 17.2. The van der Waals surface area contributed by atoms with Crippen molar-refractivity contribution in [3.63, 3.8) is 0 Å². The standard InChI is InChI=1S/C20H20ClN3O5S.3C2H6/c1-22-10-12-23(13-11-22)30(28,29)17-6-2-15(3-7-17)4-9-20(25)18-8-5-16(21)14-19(18)24(26)27;3*1-2/h2-9,14H,10-13H2,1H3;3*1-2H3/b9-4+;;;. The van der Waals surface area contributed by atoms with Crippen molar-refractivity contribution in [3.05, 3.63) is 74.8 Å². The molecule has 0 N–H and O–H groups in total. The molecule has 1 saturated heterocycles. The van der Waals surface area contributed by atoms with Crippen LogP contribution in [0.25, 0.3) is 6.08 Å². The van der Waals surface area contributed by atoms with Crippen molar-refractivity contribution < 1.29 is 18.1 Å². The van der Waals surface area contributed by atoms with Crippen LogP contribution in [-0.4, -0.2) is 61.6 Å². The molecule has 0 saturated carbocycles. The molecule has 0 aliphatic carbocycles. The number of sulfonamides is 1. The minimum absolute atomic E-state index is 0.0742. The summed E-state index contributed by atoms with van der Waals surface area (Å²) in [4.78, 5) is 25.1. The highest BCUT2D eigenvalue weighted by molar-refractivity contribution is 7.89. The number of hydrogen-bond donors (Lipinski definition) is 0. The predicted octanol–water partition coefficient (Wildman–Crippen LogP) is 6.16. The quantitative estimate of drug-likeness (QED) is 0.188.